The molecule has 1 aliphatic carbocycles. The summed E-state index contributed by atoms with van der Waals surface area (Å²) in [5.74, 6) is -0.221. The molecule has 2 rings (SSSR count). The Labute approximate surface area is 114 Å². The standard InChI is InChI=1S/C15H23FN2O/c1-18(13-7-5-6-12(16)10-13)15(11-17)9-4-3-8-14(15)19-2/h5-7,10,14H,3-4,8-9,11,17H2,1-2H3. The lowest BCUT2D eigenvalue weighted by Gasteiger charge is -2.49. The molecule has 0 amide bonds. The normalized spacial score (nSPS) is 27.3. The molecular formula is C15H23FN2O. The molecule has 0 aliphatic heterocycles. The zero-order valence-corrected chi connectivity index (χ0v) is 11.7. The molecule has 0 radical (unpaired) electrons. The van der Waals surface area contributed by atoms with Crippen molar-refractivity contribution >= 4 is 5.69 Å². The van der Waals surface area contributed by atoms with E-state index in [0.29, 0.717) is 6.54 Å². The van der Waals surface area contributed by atoms with Gasteiger partial charge < -0.3 is 15.4 Å². The summed E-state index contributed by atoms with van der Waals surface area (Å²) in [5, 5.41) is 0. The van der Waals surface area contributed by atoms with E-state index < -0.39 is 0 Å². The zero-order chi connectivity index (χ0) is 13.9. The molecule has 1 fully saturated rings. The van der Waals surface area contributed by atoms with Crippen LogP contribution in [0.25, 0.3) is 0 Å². The highest BCUT2D eigenvalue weighted by molar-refractivity contribution is 5.49. The minimum Gasteiger partial charge on any atom is -0.379 e. The van der Waals surface area contributed by atoms with Crippen molar-refractivity contribution in [1.82, 2.24) is 0 Å². The number of ether oxygens (including phenoxy) is 1. The first-order valence-electron chi connectivity index (χ1n) is 6.86. The zero-order valence-electron chi connectivity index (χ0n) is 11.7. The average molecular weight is 266 g/mol. The van der Waals surface area contributed by atoms with E-state index >= 15 is 0 Å². The molecule has 1 aliphatic rings. The highest BCUT2D eigenvalue weighted by Gasteiger charge is 2.43. The number of methoxy groups -OCH3 is 1. The third-order valence-corrected chi connectivity index (χ3v) is 4.43. The molecule has 4 heteroatoms. The first kappa shape index (κ1) is 14.3. The van der Waals surface area contributed by atoms with Crippen molar-refractivity contribution in [3.8, 4) is 0 Å². The van der Waals surface area contributed by atoms with Crippen molar-refractivity contribution in [2.75, 3.05) is 25.6 Å². The molecular weight excluding hydrogens is 243 g/mol. The smallest absolute Gasteiger partial charge is 0.125 e. The van der Waals surface area contributed by atoms with Gasteiger partial charge in [-0.15, -0.1) is 0 Å². The lowest BCUT2D eigenvalue weighted by atomic mass is 9.77. The lowest BCUT2D eigenvalue weighted by Crippen LogP contribution is -2.62. The van der Waals surface area contributed by atoms with Crippen LogP contribution in [0.2, 0.25) is 0 Å². The van der Waals surface area contributed by atoms with E-state index in [1.165, 1.54) is 6.07 Å². The third kappa shape index (κ3) is 2.60. The van der Waals surface area contributed by atoms with Crippen molar-refractivity contribution < 1.29 is 9.13 Å². The summed E-state index contributed by atoms with van der Waals surface area (Å²) in [7, 11) is 3.72. The fraction of sp³-hybridized carbons (Fsp3) is 0.600. The Morgan fingerprint density at radius 2 is 2.26 bits per heavy atom. The van der Waals surface area contributed by atoms with Gasteiger partial charge in [-0.25, -0.2) is 4.39 Å². The number of anilines is 1. The van der Waals surface area contributed by atoms with Gasteiger partial charge in [0, 0.05) is 26.4 Å². The molecule has 3 nitrogen and oxygen atoms in total. The van der Waals surface area contributed by atoms with Crippen LogP contribution < -0.4 is 10.6 Å². The van der Waals surface area contributed by atoms with Gasteiger partial charge in [0.1, 0.15) is 5.82 Å². The van der Waals surface area contributed by atoms with E-state index in [9.17, 15) is 4.39 Å². The summed E-state index contributed by atoms with van der Waals surface area (Å²) in [6.07, 6.45) is 4.38. The average Bonchev–Trinajstić information content (AvgIpc) is 2.46. The van der Waals surface area contributed by atoms with E-state index in [2.05, 4.69) is 4.90 Å². The van der Waals surface area contributed by atoms with Crippen LogP contribution in [0.3, 0.4) is 0 Å². The summed E-state index contributed by atoms with van der Waals surface area (Å²) in [5.41, 5.74) is 6.69. The van der Waals surface area contributed by atoms with Gasteiger partial charge in [0.25, 0.3) is 0 Å². The molecule has 106 valence electrons. The maximum absolute atomic E-state index is 13.4. The van der Waals surface area contributed by atoms with Crippen LogP contribution in [0.15, 0.2) is 24.3 Å². The van der Waals surface area contributed by atoms with Crippen LogP contribution >= 0.6 is 0 Å². The van der Waals surface area contributed by atoms with Gasteiger partial charge >= 0.3 is 0 Å². The fourth-order valence-electron chi connectivity index (χ4n) is 3.22. The topological polar surface area (TPSA) is 38.5 Å². The minimum absolute atomic E-state index is 0.0968. The van der Waals surface area contributed by atoms with Crippen molar-refractivity contribution in [3.05, 3.63) is 30.1 Å². The van der Waals surface area contributed by atoms with Crippen LogP contribution in [0.5, 0.6) is 0 Å². The molecule has 2 unspecified atom stereocenters. The second kappa shape index (κ2) is 5.88. The molecule has 1 aromatic rings. The van der Waals surface area contributed by atoms with Gasteiger partial charge in [-0.1, -0.05) is 18.9 Å². The number of halogens is 1. The van der Waals surface area contributed by atoms with E-state index in [1.54, 1.807) is 19.2 Å². The Hall–Kier alpha value is -1.13. The highest BCUT2D eigenvalue weighted by Crippen LogP contribution is 2.37. The van der Waals surface area contributed by atoms with Crippen molar-refractivity contribution in [2.45, 2.75) is 37.3 Å². The Morgan fingerprint density at radius 1 is 1.47 bits per heavy atom. The quantitative estimate of drug-likeness (QED) is 0.910. The SMILES string of the molecule is COC1CCCCC1(CN)N(C)c1cccc(F)c1. The molecule has 0 bridgehead atoms. The molecule has 0 spiro atoms. The second-order valence-corrected chi connectivity index (χ2v) is 5.32. The van der Waals surface area contributed by atoms with Gasteiger partial charge in [-0.05, 0) is 31.0 Å². The monoisotopic (exact) mass is 266 g/mol. The first-order chi connectivity index (χ1) is 9.14. The molecule has 1 aromatic carbocycles. The predicted molar refractivity (Wildman–Crippen MR) is 75.9 cm³/mol. The second-order valence-electron chi connectivity index (χ2n) is 5.32. The van der Waals surface area contributed by atoms with Crippen LogP contribution in [-0.2, 0) is 4.74 Å². The maximum Gasteiger partial charge on any atom is 0.125 e. The largest absolute Gasteiger partial charge is 0.379 e. The Kier molecular flexibility index (Phi) is 4.42. The molecule has 2 atom stereocenters. The van der Waals surface area contributed by atoms with E-state index in [4.69, 9.17) is 10.5 Å². The van der Waals surface area contributed by atoms with Crippen molar-refractivity contribution in [2.24, 2.45) is 5.73 Å². The summed E-state index contributed by atoms with van der Waals surface area (Å²) in [6.45, 7) is 0.512. The van der Waals surface area contributed by atoms with Gasteiger partial charge in [0.15, 0.2) is 0 Å². The molecule has 0 saturated heterocycles. The van der Waals surface area contributed by atoms with Gasteiger partial charge in [-0.2, -0.15) is 0 Å². The van der Waals surface area contributed by atoms with Crippen molar-refractivity contribution in [1.29, 1.82) is 0 Å². The Bertz CT molecular complexity index is 426. The van der Waals surface area contributed by atoms with Gasteiger partial charge in [0.2, 0.25) is 0 Å². The van der Waals surface area contributed by atoms with Crippen LogP contribution in [0.4, 0.5) is 10.1 Å². The molecule has 19 heavy (non-hydrogen) atoms. The molecule has 0 heterocycles. The summed E-state index contributed by atoms with van der Waals surface area (Å²) < 4.78 is 19.1. The Morgan fingerprint density at radius 3 is 2.89 bits per heavy atom. The number of likely N-dealkylation sites (N-methyl/N-ethyl adjacent to an activating group) is 1. The predicted octanol–water partition coefficient (Wildman–Crippen LogP) is 2.55. The van der Waals surface area contributed by atoms with E-state index in [-0.39, 0.29) is 17.5 Å². The van der Waals surface area contributed by atoms with Crippen LogP contribution in [-0.4, -0.2) is 32.3 Å². The number of hydrogen-bond donors (Lipinski definition) is 1. The molecule has 2 N–H and O–H groups in total. The van der Waals surface area contributed by atoms with Crippen LogP contribution in [0, 0.1) is 5.82 Å². The summed E-state index contributed by atoms with van der Waals surface area (Å²) in [6, 6.07) is 6.66. The summed E-state index contributed by atoms with van der Waals surface area (Å²) in [4.78, 5) is 2.10. The minimum atomic E-state index is -0.235. The highest BCUT2D eigenvalue weighted by atomic mass is 19.1. The lowest BCUT2D eigenvalue weighted by molar-refractivity contribution is 0.00768. The molecule has 0 aromatic heterocycles. The summed E-state index contributed by atoms with van der Waals surface area (Å²) >= 11 is 0. The number of nitrogens with zero attached hydrogens (tertiary/aromatic N) is 1. The van der Waals surface area contributed by atoms with Gasteiger partial charge in [-0.3, -0.25) is 0 Å². The van der Waals surface area contributed by atoms with E-state index in [0.717, 1.165) is 31.4 Å². The number of nitrogens with two attached hydrogens (primary N) is 1. The maximum atomic E-state index is 13.4. The van der Waals surface area contributed by atoms with Crippen LogP contribution in [0.1, 0.15) is 25.7 Å². The first-order valence-corrected chi connectivity index (χ1v) is 6.86. The van der Waals surface area contributed by atoms with Crippen molar-refractivity contribution in [3.63, 3.8) is 0 Å². The third-order valence-electron chi connectivity index (χ3n) is 4.43. The Balaban J connectivity index is 2.33. The van der Waals surface area contributed by atoms with E-state index in [1.807, 2.05) is 13.1 Å². The number of benzene rings is 1. The number of hydrogen-bond acceptors (Lipinski definition) is 3. The molecule has 1 saturated carbocycles. The van der Waals surface area contributed by atoms with Gasteiger partial charge in [0.05, 0.1) is 11.6 Å². The fourth-order valence-corrected chi connectivity index (χ4v) is 3.22. The number of rotatable bonds is 4.